The Bertz CT molecular complexity index is 556. The lowest BCUT2D eigenvalue weighted by Crippen LogP contribution is -2.35. The van der Waals surface area contributed by atoms with Gasteiger partial charge in [-0.2, -0.15) is 11.8 Å². The molecule has 0 fully saturated rings. The maximum atomic E-state index is 11.5. The van der Waals surface area contributed by atoms with E-state index in [4.69, 9.17) is 5.73 Å². The normalized spacial score (nSPS) is 12.5. The van der Waals surface area contributed by atoms with E-state index in [1.807, 2.05) is 35.1 Å². The van der Waals surface area contributed by atoms with Gasteiger partial charge >= 0.3 is 0 Å². The van der Waals surface area contributed by atoms with Crippen LogP contribution in [0.25, 0.3) is 5.65 Å². The fourth-order valence-electron chi connectivity index (χ4n) is 1.85. The van der Waals surface area contributed by atoms with Gasteiger partial charge in [0.15, 0.2) is 11.5 Å². The van der Waals surface area contributed by atoms with Crippen molar-refractivity contribution in [2.24, 2.45) is 5.73 Å². The molecule has 1 atom stereocenters. The van der Waals surface area contributed by atoms with Crippen LogP contribution in [0.15, 0.2) is 24.4 Å². The van der Waals surface area contributed by atoms with Crippen LogP contribution in [-0.2, 0) is 4.79 Å². The highest BCUT2D eigenvalue weighted by Gasteiger charge is 2.19. The fourth-order valence-corrected chi connectivity index (χ4v) is 2.32. The van der Waals surface area contributed by atoms with E-state index < -0.39 is 0 Å². The topological polar surface area (TPSA) is 85.3 Å². The average Bonchev–Trinajstić information content (AvgIpc) is 2.87. The Hall–Kier alpha value is -1.60. The predicted octanol–water partition coefficient (Wildman–Crippen LogP) is 0.598. The highest BCUT2D eigenvalue weighted by molar-refractivity contribution is 7.98. The number of carbonyl (C=O) groups excluding carboxylic acids is 1. The van der Waals surface area contributed by atoms with Crippen molar-refractivity contribution in [3.05, 3.63) is 30.2 Å². The minimum absolute atomic E-state index is 0.0213. The van der Waals surface area contributed by atoms with E-state index in [0.29, 0.717) is 0 Å². The van der Waals surface area contributed by atoms with Crippen molar-refractivity contribution in [1.82, 2.24) is 19.9 Å². The number of rotatable bonds is 6. The second kappa shape index (κ2) is 6.53. The van der Waals surface area contributed by atoms with Crippen LogP contribution in [0.5, 0.6) is 0 Å². The smallest absolute Gasteiger partial charge is 0.234 e. The Balaban J connectivity index is 2.28. The Morgan fingerprint density at radius 2 is 2.37 bits per heavy atom. The van der Waals surface area contributed by atoms with Gasteiger partial charge in [0.1, 0.15) is 0 Å². The third-order valence-corrected chi connectivity index (χ3v) is 3.43. The molecule has 0 aliphatic heterocycles. The van der Waals surface area contributed by atoms with Crippen LogP contribution in [0.3, 0.4) is 0 Å². The van der Waals surface area contributed by atoms with Gasteiger partial charge in [0, 0.05) is 6.20 Å². The van der Waals surface area contributed by atoms with Crippen molar-refractivity contribution in [3.8, 4) is 0 Å². The highest BCUT2D eigenvalue weighted by Crippen LogP contribution is 2.17. The van der Waals surface area contributed by atoms with E-state index in [-0.39, 0.29) is 18.5 Å². The molecule has 1 unspecified atom stereocenters. The molecule has 2 heterocycles. The first-order valence-corrected chi connectivity index (χ1v) is 7.43. The Morgan fingerprint density at radius 3 is 3.11 bits per heavy atom. The molecule has 19 heavy (non-hydrogen) atoms. The van der Waals surface area contributed by atoms with E-state index in [9.17, 15) is 4.79 Å². The summed E-state index contributed by atoms with van der Waals surface area (Å²) in [7, 11) is 0. The zero-order chi connectivity index (χ0) is 13.7. The molecule has 1 amide bonds. The summed E-state index contributed by atoms with van der Waals surface area (Å²) in [5.41, 5.74) is 6.13. The minimum Gasteiger partial charge on any atom is -0.345 e. The standard InChI is InChI=1S/C12H17N5OS/c1-19-7-5-9(14-11(18)8-13)12-16-15-10-4-2-3-6-17(10)12/h2-4,6,9H,5,7-8,13H2,1H3,(H,14,18). The Kier molecular flexibility index (Phi) is 4.75. The number of carbonyl (C=O) groups is 1. The molecule has 2 aromatic heterocycles. The number of fused-ring (bicyclic) bond motifs is 1. The van der Waals surface area contributed by atoms with Crippen LogP contribution in [0.2, 0.25) is 0 Å². The van der Waals surface area contributed by atoms with Gasteiger partial charge in [-0.05, 0) is 30.6 Å². The van der Waals surface area contributed by atoms with Gasteiger partial charge in [-0.3, -0.25) is 9.20 Å². The maximum Gasteiger partial charge on any atom is 0.234 e. The predicted molar refractivity (Wildman–Crippen MR) is 75.9 cm³/mol. The third-order valence-electron chi connectivity index (χ3n) is 2.78. The molecule has 3 N–H and O–H groups in total. The number of nitrogens with two attached hydrogens (primary N) is 1. The summed E-state index contributed by atoms with van der Waals surface area (Å²) in [5, 5.41) is 11.2. The summed E-state index contributed by atoms with van der Waals surface area (Å²) in [6.45, 7) is -0.0213. The summed E-state index contributed by atoms with van der Waals surface area (Å²) in [6, 6.07) is 5.53. The van der Waals surface area contributed by atoms with Crippen molar-refractivity contribution in [1.29, 1.82) is 0 Å². The molecular weight excluding hydrogens is 262 g/mol. The molecule has 0 aliphatic carbocycles. The van der Waals surface area contributed by atoms with Gasteiger partial charge in [-0.1, -0.05) is 6.07 Å². The van der Waals surface area contributed by atoms with E-state index in [1.54, 1.807) is 11.8 Å². The van der Waals surface area contributed by atoms with Gasteiger partial charge in [-0.25, -0.2) is 0 Å². The number of amides is 1. The monoisotopic (exact) mass is 279 g/mol. The third kappa shape index (κ3) is 3.24. The van der Waals surface area contributed by atoms with E-state index >= 15 is 0 Å². The zero-order valence-corrected chi connectivity index (χ0v) is 11.6. The molecule has 0 saturated carbocycles. The summed E-state index contributed by atoms with van der Waals surface area (Å²) in [4.78, 5) is 11.5. The van der Waals surface area contributed by atoms with Crippen molar-refractivity contribution >= 4 is 23.3 Å². The molecule has 2 aromatic rings. The molecule has 0 aromatic carbocycles. The van der Waals surface area contributed by atoms with Crippen molar-refractivity contribution in [3.63, 3.8) is 0 Å². The fraction of sp³-hybridized carbons (Fsp3) is 0.417. The number of hydrogen-bond acceptors (Lipinski definition) is 5. The van der Waals surface area contributed by atoms with Gasteiger partial charge in [0.05, 0.1) is 12.6 Å². The van der Waals surface area contributed by atoms with Crippen LogP contribution in [0.1, 0.15) is 18.3 Å². The van der Waals surface area contributed by atoms with Crippen LogP contribution in [0.4, 0.5) is 0 Å². The lowest BCUT2D eigenvalue weighted by Gasteiger charge is -2.16. The zero-order valence-electron chi connectivity index (χ0n) is 10.7. The minimum atomic E-state index is -0.182. The number of pyridine rings is 1. The summed E-state index contributed by atoms with van der Waals surface area (Å²) < 4.78 is 1.89. The molecular formula is C12H17N5OS. The lowest BCUT2D eigenvalue weighted by molar-refractivity contribution is -0.120. The number of thioether (sulfide) groups is 1. The van der Waals surface area contributed by atoms with Crippen LogP contribution in [0, 0.1) is 0 Å². The van der Waals surface area contributed by atoms with Crippen LogP contribution in [-0.4, -0.2) is 39.1 Å². The molecule has 0 spiro atoms. The Morgan fingerprint density at radius 1 is 1.53 bits per heavy atom. The van der Waals surface area contributed by atoms with Crippen LogP contribution >= 0.6 is 11.8 Å². The van der Waals surface area contributed by atoms with Gasteiger partial charge in [0.2, 0.25) is 5.91 Å². The van der Waals surface area contributed by atoms with Crippen molar-refractivity contribution in [2.75, 3.05) is 18.6 Å². The highest BCUT2D eigenvalue weighted by atomic mass is 32.2. The molecule has 0 radical (unpaired) electrons. The number of nitrogens with zero attached hydrogens (tertiary/aromatic N) is 3. The summed E-state index contributed by atoms with van der Waals surface area (Å²) in [5.74, 6) is 1.49. The van der Waals surface area contributed by atoms with E-state index in [2.05, 4.69) is 15.5 Å². The molecule has 102 valence electrons. The van der Waals surface area contributed by atoms with Crippen molar-refractivity contribution in [2.45, 2.75) is 12.5 Å². The van der Waals surface area contributed by atoms with Gasteiger partial charge < -0.3 is 11.1 Å². The van der Waals surface area contributed by atoms with Crippen molar-refractivity contribution < 1.29 is 4.79 Å². The number of hydrogen-bond donors (Lipinski definition) is 2. The molecule has 2 rings (SSSR count). The van der Waals surface area contributed by atoms with E-state index in [1.165, 1.54) is 0 Å². The molecule has 0 bridgehead atoms. The number of nitrogens with one attached hydrogen (secondary N) is 1. The molecule has 0 aliphatic rings. The van der Waals surface area contributed by atoms with Crippen LogP contribution < -0.4 is 11.1 Å². The first kappa shape index (κ1) is 13.8. The number of aromatic nitrogens is 3. The molecule has 0 saturated heterocycles. The first-order chi connectivity index (χ1) is 9.26. The van der Waals surface area contributed by atoms with Gasteiger partial charge in [0.25, 0.3) is 0 Å². The SMILES string of the molecule is CSCCC(NC(=O)CN)c1nnc2ccccn12. The first-order valence-electron chi connectivity index (χ1n) is 6.04. The quantitative estimate of drug-likeness (QED) is 0.808. The van der Waals surface area contributed by atoms with Gasteiger partial charge in [-0.15, -0.1) is 10.2 Å². The second-order valence-electron chi connectivity index (χ2n) is 4.09. The maximum absolute atomic E-state index is 11.5. The lowest BCUT2D eigenvalue weighted by atomic mass is 10.2. The molecule has 6 nitrogen and oxygen atoms in total. The largest absolute Gasteiger partial charge is 0.345 e. The average molecular weight is 279 g/mol. The molecule has 7 heteroatoms. The second-order valence-corrected chi connectivity index (χ2v) is 5.08. The Labute approximate surface area is 115 Å². The summed E-state index contributed by atoms with van der Waals surface area (Å²) >= 11 is 1.73. The van der Waals surface area contributed by atoms with E-state index in [0.717, 1.165) is 23.6 Å². The summed E-state index contributed by atoms with van der Waals surface area (Å²) in [6.07, 6.45) is 4.72.